The van der Waals surface area contributed by atoms with Gasteiger partial charge in [-0.2, -0.15) is 8.78 Å². The third kappa shape index (κ3) is 21.2. The van der Waals surface area contributed by atoms with E-state index < -0.39 is 12.4 Å². The van der Waals surface area contributed by atoms with Crippen LogP contribution in [-0.4, -0.2) is 24.0 Å². The maximum atomic E-state index is 10.6. The number of rotatable bonds is 9. The van der Waals surface area contributed by atoms with E-state index in [4.69, 9.17) is 15.6 Å². The van der Waals surface area contributed by atoms with Gasteiger partial charge in [0.05, 0.1) is 0 Å². The zero-order valence-corrected chi connectivity index (χ0v) is 10.6. The molecule has 0 aromatic carbocycles. The van der Waals surface area contributed by atoms with Crippen LogP contribution >= 0.6 is 0 Å². The van der Waals surface area contributed by atoms with E-state index in [9.17, 15) is 8.78 Å². The van der Waals surface area contributed by atoms with Crippen LogP contribution in [0.5, 0.6) is 0 Å². The van der Waals surface area contributed by atoms with Crippen molar-refractivity contribution in [1.29, 1.82) is 0 Å². The highest BCUT2D eigenvalue weighted by Crippen LogP contribution is 2.07. The Bertz CT molecular complexity index is 159. The van der Waals surface area contributed by atoms with Gasteiger partial charge in [0.2, 0.25) is 0 Å². The summed E-state index contributed by atoms with van der Waals surface area (Å²) in [6.07, 6.45) is 7.75. The lowest BCUT2D eigenvalue weighted by Crippen LogP contribution is -2.06. The van der Waals surface area contributed by atoms with Crippen molar-refractivity contribution in [2.45, 2.75) is 64.7 Å². The molecule has 0 aliphatic carbocycles. The fourth-order valence-corrected chi connectivity index (χ4v) is 1.28. The number of nitrogens with two attached hydrogens (primary N) is 1. The zero-order valence-electron chi connectivity index (χ0n) is 10.6. The molecule has 3 N–H and O–H groups in total. The van der Waals surface area contributed by atoms with Gasteiger partial charge in [-0.3, -0.25) is 0 Å². The van der Waals surface area contributed by atoms with Gasteiger partial charge in [0.15, 0.2) is 0 Å². The molecule has 104 valence electrons. The van der Waals surface area contributed by atoms with Crippen molar-refractivity contribution in [3.05, 3.63) is 0 Å². The summed E-state index contributed by atoms with van der Waals surface area (Å²) in [6.45, 7) is 3.13. The Hall–Kier alpha value is -0.710. The van der Waals surface area contributed by atoms with Gasteiger partial charge >= 0.3 is 12.4 Å². The van der Waals surface area contributed by atoms with Crippen LogP contribution in [-0.2, 0) is 4.79 Å². The first kappa shape index (κ1) is 18.6. The molecule has 3 nitrogen and oxygen atoms in total. The van der Waals surface area contributed by atoms with Gasteiger partial charge in [0.1, 0.15) is 0 Å². The van der Waals surface area contributed by atoms with Crippen LogP contribution < -0.4 is 5.73 Å². The lowest BCUT2D eigenvalue weighted by molar-refractivity contribution is -0.149. The van der Waals surface area contributed by atoms with E-state index in [-0.39, 0.29) is 0 Å². The Morgan fingerprint density at radius 2 is 1.41 bits per heavy atom. The largest absolute Gasteiger partial charge is 0.477 e. The SMILES string of the molecule is CCCCCCCCCCN.O=C(O)C(F)F. The molecule has 17 heavy (non-hydrogen) atoms. The Morgan fingerprint density at radius 1 is 1.06 bits per heavy atom. The molecule has 0 aromatic heterocycles. The predicted molar refractivity (Wildman–Crippen MR) is 65.3 cm³/mol. The lowest BCUT2D eigenvalue weighted by atomic mass is 10.1. The van der Waals surface area contributed by atoms with Crippen molar-refractivity contribution in [1.82, 2.24) is 0 Å². The third-order valence-electron chi connectivity index (χ3n) is 2.24. The molecular weight excluding hydrogens is 228 g/mol. The van der Waals surface area contributed by atoms with E-state index in [1.165, 1.54) is 51.4 Å². The molecule has 0 fully saturated rings. The number of hydrogen-bond acceptors (Lipinski definition) is 2. The Balaban J connectivity index is 0. The molecule has 0 aliphatic heterocycles. The third-order valence-corrected chi connectivity index (χ3v) is 2.24. The standard InChI is InChI=1S/C10H23N.C2H2F2O2/c1-2-3-4-5-6-7-8-9-10-11;3-1(4)2(5)6/h2-11H2,1H3;1H,(H,5,6). The molecular formula is C12H25F2NO2. The molecule has 0 saturated carbocycles. The molecule has 0 unspecified atom stereocenters. The Morgan fingerprint density at radius 3 is 1.71 bits per heavy atom. The molecule has 0 rings (SSSR count). The number of halogens is 2. The average Bonchev–Trinajstić information content (AvgIpc) is 2.29. The molecule has 0 atom stereocenters. The molecule has 0 heterocycles. The number of unbranched alkanes of at least 4 members (excludes halogenated alkanes) is 7. The highest BCUT2D eigenvalue weighted by Gasteiger charge is 2.10. The number of carboxylic acid groups (broad SMARTS) is 1. The highest BCUT2D eigenvalue weighted by atomic mass is 19.3. The van der Waals surface area contributed by atoms with Crippen molar-refractivity contribution >= 4 is 5.97 Å². The van der Waals surface area contributed by atoms with Crippen LogP contribution in [0.2, 0.25) is 0 Å². The van der Waals surface area contributed by atoms with Gasteiger partial charge in [-0.05, 0) is 13.0 Å². The summed E-state index contributed by atoms with van der Waals surface area (Å²) in [5.74, 6) is -2.07. The van der Waals surface area contributed by atoms with Gasteiger partial charge < -0.3 is 10.8 Å². The maximum Gasteiger partial charge on any atom is 0.371 e. The van der Waals surface area contributed by atoms with E-state index in [2.05, 4.69) is 6.92 Å². The second kappa shape index (κ2) is 15.3. The normalized spacial score (nSPS) is 9.94. The van der Waals surface area contributed by atoms with Gasteiger partial charge in [-0.15, -0.1) is 0 Å². The summed E-state index contributed by atoms with van der Waals surface area (Å²) in [4.78, 5) is 8.95. The monoisotopic (exact) mass is 253 g/mol. The summed E-state index contributed by atoms with van der Waals surface area (Å²) >= 11 is 0. The minimum absolute atomic E-state index is 0.870. The first-order valence-electron chi connectivity index (χ1n) is 6.27. The number of aliphatic carboxylic acids is 1. The number of carboxylic acids is 1. The van der Waals surface area contributed by atoms with Crippen LogP contribution in [0.3, 0.4) is 0 Å². The highest BCUT2D eigenvalue weighted by molar-refractivity contribution is 5.70. The van der Waals surface area contributed by atoms with Crippen LogP contribution in [0.4, 0.5) is 8.78 Å². The topological polar surface area (TPSA) is 63.3 Å². The van der Waals surface area contributed by atoms with Crippen LogP contribution in [0, 0.1) is 0 Å². The number of hydrogen-bond donors (Lipinski definition) is 2. The number of carbonyl (C=O) groups is 1. The Kier molecular flexibility index (Phi) is 16.8. The van der Waals surface area contributed by atoms with Crippen molar-refractivity contribution in [3.8, 4) is 0 Å². The molecule has 0 amide bonds. The second-order valence-corrected chi connectivity index (χ2v) is 3.90. The molecule has 0 saturated heterocycles. The quantitative estimate of drug-likeness (QED) is 0.619. The van der Waals surface area contributed by atoms with Crippen molar-refractivity contribution < 1.29 is 18.7 Å². The molecule has 0 spiro atoms. The first-order chi connectivity index (χ1) is 8.06. The van der Waals surface area contributed by atoms with E-state index in [0.717, 1.165) is 6.54 Å². The van der Waals surface area contributed by atoms with E-state index >= 15 is 0 Å². The number of alkyl halides is 2. The van der Waals surface area contributed by atoms with Crippen LogP contribution in [0.1, 0.15) is 58.3 Å². The van der Waals surface area contributed by atoms with Gasteiger partial charge in [-0.1, -0.05) is 51.9 Å². The molecule has 0 aliphatic rings. The Labute approximate surface area is 102 Å². The van der Waals surface area contributed by atoms with Gasteiger partial charge in [-0.25, -0.2) is 4.79 Å². The fourth-order valence-electron chi connectivity index (χ4n) is 1.28. The first-order valence-corrected chi connectivity index (χ1v) is 6.27. The average molecular weight is 253 g/mol. The predicted octanol–water partition coefficient (Wildman–Crippen LogP) is 3.42. The van der Waals surface area contributed by atoms with Crippen molar-refractivity contribution in [3.63, 3.8) is 0 Å². The molecule has 0 bridgehead atoms. The maximum absolute atomic E-state index is 10.6. The molecule has 0 aromatic rings. The summed E-state index contributed by atoms with van der Waals surface area (Å²) in [5.41, 5.74) is 5.39. The van der Waals surface area contributed by atoms with Gasteiger partial charge in [0, 0.05) is 0 Å². The molecule has 5 heteroatoms. The van der Waals surface area contributed by atoms with Crippen LogP contribution in [0.25, 0.3) is 0 Å². The summed E-state index contributed by atoms with van der Waals surface area (Å²) in [5, 5.41) is 7.24. The fraction of sp³-hybridized carbons (Fsp3) is 0.917. The van der Waals surface area contributed by atoms with Crippen molar-refractivity contribution in [2.75, 3.05) is 6.54 Å². The summed E-state index contributed by atoms with van der Waals surface area (Å²) < 4.78 is 21.1. The summed E-state index contributed by atoms with van der Waals surface area (Å²) in [7, 11) is 0. The van der Waals surface area contributed by atoms with Crippen molar-refractivity contribution in [2.24, 2.45) is 5.73 Å². The molecule has 0 radical (unpaired) electrons. The lowest BCUT2D eigenvalue weighted by Gasteiger charge is -1.99. The second-order valence-electron chi connectivity index (χ2n) is 3.90. The van der Waals surface area contributed by atoms with E-state index in [1.807, 2.05) is 0 Å². The van der Waals surface area contributed by atoms with E-state index in [0.29, 0.717) is 0 Å². The van der Waals surface area contributed by atoms with E-state index in [1.54, 1.807) is 0 Å². The van der Waals surface area contributed by atoms with Crippen LogP contribution in [0.15, 0.2) is 0 Å². The smallest absolute Gasteiger partial charge is 0.371 e. The summed E-state index contributed by atoms with van der Waals surface area (Å²) in [6, 6.07) is 0. The minimum atomic E-state index is -3.23. The van der Waals surface area contributed by atoms with Gasteiger partial charge in [0.25, 0.3) is 0 Å². The zero-order chi connectivity index (χ0) is 13.5. The minimum Gasteiger partial charge on any atom is -0.477 e.